The quantitative estimate of drug-likeness (QED) is 0.376. The number of para-hydroxylation sites is 1. The Bertz CT molecular complexity index is 1690. The molecule has 1 amide bonds. The molecule has 4 aliphatic rings. The van der Waals surface area contributed by atoms with Gasteiger partial charge in [-0.15, -0.1) is 0 Å². The van der Waals surface area contributed by atoms with Crippen LogP contribution in [0.1, 0.15) is 53.0 Å². The second-order valence-corrected chi connectivity index (χ2v) is 13.4. The third kappa shape index (κ3) is 5.36. The molecule has 0 aliphatic carbocycles. The first-order chi connectivity index (χ1) is 22.1. The van der Waals surface area contributed by atoms with Crippen LogP contribution in [0.4, 0.5) is 15.8 Å². The number of carboxylic acid groups (broad SMARTS) is 1. The van der Waals surface area contributed by atoms with Crippen LogP contribution in [0.5, 0.6) is 5.75 Å². The summed E-state index contributed by atoms with van der Waals surface area (Å²) < 4.78 is 27.6. The van der Waals surface area contributed by atoms with Crippen molar-refractivity contribution in [2.24, 2.45) is 0 Å². The number of piperazine rings is 1. The van der Waals surface area contributed by atoms with Gasteiger partial charge < -0.3 is 29.3 Å². The molecule has 4 aliphatic heterocycles. The lowest BCUT2D eigenvalue weighted by Crippen LogP contribution is -2.55. The summed E-state index contributed by atoms with van der Waals surface area (Å²) in [5.74, 6) is -1.60. The maximum absolute atomic E-state index is 15.7. The molecule has 3 saturated heterocycles. The zero-order chi connectivity index (χ0) is 32.3. The maximum atomic E-state index is 15.7. The lowest BCUT2D eigenvalue weighted by atomic mass is 9.96. The number of rotatable bonds is 5. The predicted molar refractivity (Wildman–Crippen MR) is 175 cm³/mol. The largest absolute Gasteiger partial charge is 0.478 e. The summed E-state index contributed by atoms with van der Waals surface area (Å²) in [4.78, 5) is 34.2. The van der Waals surface area contributed by atoms with E-state index in [0.717, 1.165) is 43.2 Å². The van der Waals surface area contributed by atoms with Gasteiger partial charge in [0.1, 0.15) is 11.6 Å². The zero-order valence-electron chi connectivity index (χ0n) is 26.2. The normalized spacial score (nSPS) is 24.5. The van der Waals surface area contributed by atoms with Gasteiger partial charge in [-0.1, -0.05) is 29.8 Å². The Labute approximate surface area is 273 Å². The standard InChI is InChI=1S/C35H38ClFN4O5/c1-20-15-40(21(2)14-38(20)3)23-9-10-27(30(36)11-23)34(42)39-16-22-5-4-6-26(33(22)46-19-39)28-13-32(29(35(43)44)12-31(28)37)41-24-7-8-25(41)18-45-17-24/h4-6,9-13,20-21,24-25H,7-8,14-19H2,1-3H3,(H,43,44)/t20-,21+,24?,25?/m0/s1. The fraction of sp³-hybridized carbons (Fsp3) is 0.429. The predicted octanol–water partition coefficient (Wildman–Crippen LogP) is 5.73. The van der Waals surface area contributed by atoms with Gasteiger partial charge in [0, 0.05) is 47.6 Å². The molecule has 242 valence electrons. The molecule has 9 nitrogen and oxygen atoms in total. The Hall–Kier alpha value is -3.86. The van der Waals surface area contributed by atoms with Gasteiger partial charge in [0.15, 0.2) is 6.73 Å². The van der Waals surface area contributed by atoms with Crippen LogP contribution in [0.25, 0.3) is 11.1 Å². The van der Waals surface area contributed by atoms with Crippen LogP contribution in [-0.2, 0) is 11.3 Å². The number of morpholine rings is 1. The Balaban J connectivity index is 1.15. The second-order valence-electron chi connectivity index (χ2n) is 13.0. The van der Waals surface area contributed by atoms with E-state index in [9.17, 15) is 14.7 Å². The van der Waals surface area contributed by atoms with Gasteiger partial charge in [-0.05, 0) is 64.1 Å². The molecule has 2 unspecified atom stereocenters. The number of benzene rings is 3. The number of halogens is 2. The average molecular weight is 649 g/mol. The van der Waals surface area contributed by atoms with Crippen LogP contribution in [0.15, 0.2) is 48.5 Å². The molecule has 3 fully saturated rings. The van der Waals surface area contributed by atoms with Gasteiger partial charge in [-0.3, -0.25) is 9.69 Å². The first kappa shape index (κ1) is 30.8. The molecular weight excluding hydrogens is 611 g/mol. The Morgan fingerprint density at radius 2 is 1.72 bits per heavy atom. The van der Waals surface area contributed by atoms with Crippen molar-refractivity contribution in [2.45, 2.75) is 57.4 Å². The molecule has 4 heterocycles. The average Bonchev–Trinajstić information content (AvgIpc) is 3.28. The first-order valence-corrected chi connectivity index (χ1v) is 16.2. The number of ether oxygens (including phenoxy) is 2. The third-order valence-corrected chi connectivity index (χ3v) is 10.4. The fourth-order valence-electron chi connectivity index (χ4n) is 7.48. The number of aromatic carboxylic acids is 1. The number of likely N-dealkylation sites (N-methyl/N-ethyl adjacent to an activating group) is 1. The van der Waals surface area contributed by atoms with Crippen molar-refractivity contribution >= 4 is 34.9 Å². The molecule has 3 aromatic rings. The van der Waals surface area contributed by atoms with E-state index in [4.69, 9.17) is 21.1 Å². The van der Waals surface area contributed by atoms with Gasteiger partial charge in [-0.2, -0.15) is 0 Å². The fourth-order valence-corrected chi connectivity index (χ4v) is 7.73. The summed E-state index contributed by atoms with van der Waals surface area (Å²) in [6.45, 7) is 7.43. The molecule has 0 spiro atoms. The van der Waals surface area contributed by atoms with Gasteiger partial charge in [0.2, 0.25) is 0 Å². The van der Waals surface area contributed by atoms with E-state index in [0.29, 0.717) is 52.9 Å². The molecule has 0 saturated carbocycles. The molecule has 0 radical (unpaired) electrons. The third-order valence-electron chi connectivity index (χ3n) is 10.0. The molecular formula is C35H38ClFN4O5. The molecule has 11 heteroatoms. The minimum absolute atomic E-state index is 0.0385. The molecule has 7 rings (SSSR count). The van der Waals surface area contributed by atoms with Gasteiger partial charge in [0.25, 0.3) is 5.91 Å². The topological polar surface area (TPSA) is 85.8 Å². The van der Waals surface area contributed by atoms with Crippen LogP contribution in [-0.4, -0.2) is 91.0 Å². The number of amides is 1. The minimum atomic E-state index is -1.17. The summed E-state index contributed by atoms with van der Waals surface area (Å²) in [5.41, 5.74) is 3.29. The van der Waals surface area contributed by atoms with Crippen molar-refractivity contribution in [3.05, 3.63) is 76.1 Å². The summed E-state index contributed by atoms with van der Waals surface area (Å²) in [6, 6.07) is 14.6. The Morgan fingerprint density at radius 1 is 0.957 bits per heavy atom. The van der Waals surface area contributed by atoms with E-state index in [-0.39, 0.29) is 42.4 Å². The molecule has 0 aromatic heterocycles. The van der Waals surface area contributed by atoms with Gasteiger partial charge in [0.05, 0.1) is 53.7 Å². The van der Waals surface area contributed by atoms with Gasteiger partial charge >= 0.3 is 5.97 Å². The number of hydrogen-bond donors (Lipinski definition) is 1. The number of fused-ring (bicyclic) bond motifs is 3. The van der Waals surface area contributed by atoms with E-state index < -0.39 is 11.8 Å². The highest BCUT2D eigenvalue weighted by Crippen LogP contribution is 2.43. The summed E-state index contributed by atoms with van der Waals surface area (Å²) >= 11 is 6.72. The zero-order valence-corrected chi connectivity index (χ0v) is 27.0. The highest BCUT2D eigenvalue weighted by Gasteiger charge is 2.40. The molecule has 46 heavy (non-hydrogen) atoms. The highest BCUT2D eigenvalue weighted by atomic mass is 35.5. The van der Waals surface area contributed by atoms with E-state index in [1.165, 1.54) is 0 Å². The van der Waals surface area contributed by atoms with E-state index in [1.54, 1.807) is 29.2 Å². The smallest absolute Gasteiger partial charge is 0.337 e. The van der Waals surface area contributed by atoms with E-state index in [1.807, 2.05) is 18.2 Å². The van der Waals surface area contributed by atoms with Crippen molar-refractivity contribution in [3.63, 3.8) is 0 Å². The SMILES string of the molecule is C[C@@H]1CN(C)[C@@H](C)CN1c1ccc(C(=O)N2COc3c(cccc3-c3cc(N4C5CCC4COC5)c(C(=O)O)cc3F)C2)c(Cl)c1. The van der Waals surface area contributed by atoms with Crippen LogP contribution < -0.4 is 14.5 Å². The number of anilines is 2. The monoisotopic (exact) mass is 648 g/mol. The van der Waals surface area contributed by atoms with Crippen molar-refractivity contribution in [1.29, 1.82) is 0 Å². The van der Waals surface area contributed by atoms with E-state index in [2.05, 4.69) is 35.6 Å². The molecule has 1 N–H and O–H groups in total. The van der Waals surface area contributed by atoms with Crippen LogP contribution in [0, 0.1) is 5.82 Å². The number of carboxylic acids is 1. The van der Waals surface area contributed by atoms with Crippen molar-refractivity contribution in [2.75, 3.05) is 49.9 Å². The maximum Gasteiger partial charge on any atom is 0.337 e. The van der Waals surface area contributed by atoms with E-state index >= 15 is 4.39 Å². The minimum Gasteiger partial charge on any atom is -0.478 e. The molecule has 2 bridgehead atoms. The lowest BCUT2D eigenvalue weighted by molar-refractivity contribution is 0.0515. The summed E-state index contributed by atoms with van der Waals surface area (Å²) in [5, 5.41) is 10.4. The van der Waals surface area contributed by atoms with Crippen LogP contribution in [0.3, 0.4) is 0 Å². The summed E-state index contributed by atoms with van der Waals surface area (Å²) in [6.07, 6.45) is 1.79. The van der Waals surface area contributed by atoms with Crippen molar-refractivity contribution in [3.8, 4) is 16.9 Å². The van der Waals surface area contributed by atoms with Crippen LogP contribution >= 0.6 is 11.6 Å². The number of nitrogens with zero attached hydrogens (tertiary/aromatic N) is 4. The Morgan fingerprint density at radius 3 is 2.43 bits per heavy atom. The number of carbonyl (C=O) groups is 2. The van der Waals surface area contributed by atoms with Crippen LogP contribution in [0.2, 0.25) is 5.02 Å². The summed E-state index contributed by atoms with van der Waals surface area (Å²) in [7, 11) is 2.13. The number of hydrogen-bond acceptors (Lipinski definition) is 7. The molecule has 3 aromatic carbocycles. The highest BCUT2D eigenvalue weighted by molar-refractivity contribution is 6.34. The number of carbonyl (C=O) groups excluding carboxylic acids is 1. The van der Waals surface area contributed by atoms with Gasteiger partial charge in [-0.25, -0.2) is 9.18 Å². The second kappa shape index (κ2) is 12.1. The molecule has 4 atom stereocenters. The van der Waals surface area contributed by atoms with Crippen molar-refractivity contribution in [1.82, 2.24) is 9.80 Å². The van der Waals surface area contributed by atoms with Crippen molar-refractivity contribution < 1.29 is 28.6 Å². The Kier molecular flexibility index (Phi) is 8.07. The first-order valence-electron chi connectivity index (χ1n) is 15.8. The lowest BCUT2D eigenvalue weighted by Gasteiger charge is -2.44.